The summed E-state index contributed by atoms with van der Waals surface area (Å²) in [6.07, 6.45) is 1.39. The first-order valence-electron chi connectivity index (χ1n) is 13.9. The van der Waals surface area contributed by atoms with Crippen molar-refractivity contribution in [2.24, 2.45) is 0 Å². The van der Waals surface area contributed by atoms with Gasteiger partial charge in [-0.1, -0.05) is 54.1 Å². The van der Waals surface area contributed by atoms with E-state index in [0.717, 1.165) is 16.0 Å². The van der Waals surface area contributed by atoms with Crippen molar-refractivity contribution >= 4 is 57.1 Å². The lowest BCUT2D eigenvalue weighted by Crippen LogP contribution is -2.54. The van der Waals surface area contributed by atoms with Gasteiger partial charge in [-0.15, -0.1) is 0 Å². The average Bonchev–Trinajstić information content (AvgIpc) is 3.02. The lowest BCUT2D eigenvalue weighted by atomic mass is 10.1. The number of ether oxygens (including phenoxy) is 4. The molecular formula is C34H28BrClN2O7. The van der Waals surface area contributed by atoms with Gasteiger partial charge in [-0.05, 0) is 88.1 Å². The van der Waals surface area contributed by atoms with Gasteiger partial charge >= 0.3 is 6.03 Å². The van der Waals surface area contributed by atoms with Crippen molar-refractivity contribution in [2.75, 3.05) is 18.6 Å². The number of carbonyl (C=O) groups is 3. The monoisotopic (exact) mass is 690 g/mol. The first-order valence-corrected chi connectivity index (χ1v) is 15.0. The van der Waals surface area contributed by atoms with Crippen LogP contribution in [0.1, 0.15) is 23.6 Å². The molecule has 230 valence electrons. The zero-order valence-corrected chi connectivity index (χ0v) is 26.7. The van der Waals surface area contributed by atoms with Crippen LogP contribution in [0.15, 0.2) is 95.0 Å². The number of barbiturate groups is 1. The van der Waals surface area contributed by atoms with E-state index >= 15 is 0 Å². The molecule has 45 heavy (non-hydrogen) atoms. The summed E-state index contributed by atoms with van der Waals surface area (Å²) in [6, 6.07) is 24.1. The number of carbonyl (C=O) groups excluding carboxylic acids is 3. The summed E-state index contributed by atoms with van der Waals surface area (Å²) in [5.74, 6) is 0.389. The summed E-state index contributed by atoms with van der Waals surface area (Å²) >= 11 is 9.60. The van der Waals surface area contributed by atoms with Gasteiger partial charge in [0.05, 0.1) is 23.9 Å². The third-order valence-electron chi connectivity index (χ3n) is 6.66. The third-order valence-corrected chi connectivity index (χ3v) is 7.48. The number of amides is 4. The number of imide groups is 2. The van der Waals surface area contributed by atoms with Gasteiger partial charge in [-0.25, -0.2) is 9.69 Å². The zero-order valence-electron chi connectivity index (χ0n) is 24.3. The molecule has 1 aliphatic rings. The van der Waals surface area contributed by atoms with Crippen LogP contribution in [0.2, 0.25) is 5.02 Å². The molecule has 0 spiro atoms. The molecule has 4 amide bonds. The number of anilines is 1. The molecule has 0 radical (unpaired) electrons. The van der Waals surface area contributed by atoms with Crippen LogP contribution >= 0.6 is 27.5 Å². The molecule has 4 aromatic carbocycles. The van der Waals surface area contributed by atoms with Crippen molar-refractivity contribution in [1.29, 1.82) is 0 Å². The van der Waals surface area contributed by atoms with Crippen LogP contribution in [0, 0.1) is 0 Å². The molecule has 0 atom stereocenters. The minimum absolute atomic E-state index is 0.187. The van der Waals surface area contributed by atoms with Crippen LogP contribution in [0.3, 0.4) is 0 Å². The Balaban J connectivity index is 1.36. The molecule has 9 nitrogen and oxygen atoms in total. The molecule has 0 aromatic heterocycles. The topological polar surface area (TPSA) is 103 Å². The van der Waals surface area contributed by atoms with Gasteiger partial charge in [-0.3, -0.25) is 14.9 Å². The Labute approximate surface area is 273 Å². The summed E-state index contributed by atoms with van der Waals surface area (Å²) in [4.78, 5) is 39.4. The molecule has 1 saturated heterocycles. The minimum Gasteiger partial charge on any atom is -0.493 e. The van der Waals surface area contributed by atoms with Crippen molar-refractivity contribution in [3.8, 4) is 23.0 Å². The lowest BCUT2D eigenvalue weighted by Gasteiger charge is -2.26. The second kappa shape index (κ2) is 14.3. The number of urea groups is 1. The predicted octanol–water partition coefficient (Wildman–Crippen LogP) is 7.33. The number of hydrogen-bond donors (Lipinski definition) is 1. The Kier molecular flexibility index (Phi) is 10.1. The van der Waals surface area contributed by atoms with Crippen LogP contribution in [0.25, 0.3) is 6.08 Å². The van der Waals surface area contributed by atoms with E-state index < -0.39 is 17.8 Å². The van der Waals surface area contributed by atoms with Crippen LogP contribution in [-0.4, -0.2) is 31.6 Å². The molecule has 5 rings (SSSR count). The van der Waals surface area contributed by atoms with Gasteiger partial charge in [0.1, 0.15) is 18.8 Å². The number of nitrogens with one attached hydrogen (secondary N) is 1. The highest BCUT2D eigenvalue weighted by molar-refractivity contribution is 9.10. The highest BCUT2D eigenvalue weighted by Crippen LogP contribution is 2.39. The van der Waals surface area contributed by atoms with E-state index in [1.54, 1.807) is 37.4 Å². The summed E-state index contributed by atoms with van der Waals surface area (Å²) in [5.41, 5.74) is 2.34. The normalized spacial score (nSPS) is 13.9. The summed E-state index contributed by atoms with van der Waals surface area (Å²) in [6.45, 7) is 2.75. The lowest BCUT2D eigenvalue weighted by molar-refractivity contribution is -0.122. The van der Waals surface area contributed by atoms with Gasteiger partial charge in [0.15, 0.2) is 23.0 Å². The Morgan fingerprint density at radius 2 is 1.60 bits per heavy atom. The largest absolute Gasteiger partial charge is 0.493 e. The maximum Gasteiger partial charge on any atom is 0.335 e. The van der Waals surface area contributed by atoms with Crippen LogP contribution in [-0.2, 0) is 22.8 Å². The fourth-order valence-corrected chi connectivity index (χ4v) is 5.32. The number of rotatable bonds is 11. The minimum atomic E-state index is -0.864. The van der Waals surface area contributed by atoms with E-state index in [9.17, 15) is 14.4 Å². The summed E-state index contributed by atoms with van der Waals surface area (Å²) < 4.78 is 24.1. The number of nitrogens with zero attached hydrogens (tertiary/aromatic N) is 1. The van der Waals surface area contributed by atoms with Gasteiger partial charge in [0, 0.05) is 5.02 Å². The molecule has 0 saturated carbocycles. The quantitative estimate of drug-likeness (QED) is 0.130. The molecule has 0 aliphatic carbocycles. The van der Waals surface area contributed by atoms with E-state index in [1.165, 1.54) is 12.1 Å². The molecule has 1 fully saturated rings. The summed E-state index contributed by atoms with van der Waals surface area (Å²) in [7, 11) is 1.58. The molecule has 1 N–H and O–H groups in total. The van der Waals surface area contributed by atoms with Crippen molar-refractivity contribution in [1.82, 2.24) is 5.32 Å². The van der Waals surface area contributed by atoms with Crippen molar-refractivity contribution < 1.29 is 33.3 Å². The third kappa shape index (κ3) is 7.47. The second-order valence-corrected chi connectivity index (χ2v) is 11.0. The number of methoxy groups -OCH3 is 1. The van der Waals surface area contributed by atoms with Crippen molar-refractivity contribution in [2.45, 2.75) is 20.1 Å². The highest BCUT2D eigenvalue weighted by Gasteiger charge is 2.37. The SMILES string of the molecule is CCOc1cc(/C=C2\C(=O)NC(=O)N(c3cccc(Cl)c3)C2=O)cc(Br)c1OCc1ccc(OCc2ccccc2)c(OC)c1. The first kappa shape index (κ1) is 31.6. The van der Waals surface area contributed by atoms with E-state index in [2.05, 4.69) is 21.2 Å². The molecule has 11 heteroatoms. The smallest absolute Gasteiger partial charge is 0.335 e. The first-order chi connectivity index (χ1) is 21.8. The summed E-state index contributed by atoms with van der Waals surface area (Å²) in [5, 5.41) is 2.55. The number of hydrogen-bond acceptors (Lipinski definition) is 7. The number of halogens is 2. The molecule has 0 unspecified atom stereocenters. The maximum atomic E-state index is 13.3. The van der Waals surface area contributed by atoms with Gasteiger partial charge < -0.3 is 18.9 Å². The van der Waals surface area contributed by atoms with Gasteiger partial charge in [0.2, 0.25) is 0 Å². The van der Waals surface area contributed by atoms with Gasteiger partial charge in [-0.2, -0.15) is 0 Å². The maximum absolute atomic E-state index is 13.3. The molecule has 1 heterocycles. The van der Waals surface area contributed by atoms with E-state index in [-0.39, 0.29) is 17.9 Å². The Bertz CT molecular complexity index is 1780. The molecule has 0 bridgehead atoms. The zero-order chi connectivity index (χ0) is 31.9. The van der Waals surface area contributed by atoms with E-state index in [4.69, 9.17) is 30.5 Å². The fraction of sp³-hybridized carbons (Fsp3) is 0.147. The highest BCUT2D eigenvalue weighted by atomic mass is 79.9. The Morgan fingerprint density at radius 1 is 0.822 bits per heavy atom. The fourth-order valence-electron chi connectivity index (χ4n) is 4.56. The molecule has 4 aromatic rings. The van der Waals surface area contributed by atoms with Gasteiger partial charge in [0.25, 0.3) is 11.8 Å². The molecular weight excluding hydrogens is 664 g/mol. The van der Waals surface area contributed by atoms with Crippen molar-refractivity contribution in [3.63, 3.8) is 0 Å². The van der Waals surface area contributed by atoms with Crippen LogP contribution in [0.5, 0.6) is 23.0 Å². The Morgan fingerprint density at radius 3 is 2.33 bits per heavy atom. The Hall–Kier alpha value is -4.80. The van der Waals surface area contributed by atoms with Crippen LogP contribution in [0.4, 0.5) is 10.5 Å². The molecule has 1 aliphatic heterocycles. The second-order valence-electron chi connectivity index (χ2n) is 9.75. The van der Waals surface area contributed by atoms with E-state index in [0.29, 0.717) is 51.3 Å². The standard InChI is InChI=1S/C34H28BrClN2O7/c1-3-43-30-17-23(14-26-32(39)37-34(41)38(33(26)40)25-11-7-10-24(36)18-25)15-27(35)31(30)45-20-22-12-13-28(29(16-22)42-2)44-19-21-8-5-4-6-9-21/h4-18H,3,19-20H2,1-2H3,(H,37,39,41)/b26-14+. The van der Waals surface area contributed by atoms with Crippen LogP contribution < -0.4 is 29.2 Å². The average molecular weight is 692 g/mol. The predicted molar refractivity (Wildman–Crippen MR) is 174 cm³/mol. The van der Waals surface area contributed by atoms with E-state index in [1.807, 2.05) is 55.5 Å². The van der Waals surface area contributed by atoms with Crippen molar-refractivity contribution in [3.05, 3.63) is 117 Å². The number of benzene rings is 4.